The maximum absolute atomic E-state index is 11.4. The predicted octanol–water partition coefficient (Wildman–Crippen LogP) is 4.25. The Kier molecular flexibility index (Phi) is 21.2. The van der Waals surface area contributed by atoms with Crippen molar-refractivity contribution in [3.8, 4) is 0 Å². The predicted molar refractivity (Wildman–Crippen MR) is 179 cm³/mol. The first-order valence-corrected chi connectivity index (χ1v) is 16.0. The molecule has 0 aliphatic heterocycles. The minimum absolute atomic E-state index is 0.0390. The second-order valence-electron chi connectivity index (χ2n) is 12.2. The Labute approximate surface area is 301 Å². The smallest absolute Gasteiger partial charge is 0.318 e. The third-order valence-electron chi connectivity index (χ3n) is 5.64. The third kappa shape index (κ3) is 19.0. The summed E-state index contributed by atoms with van der Waals surface area (Å²) < 4.78 is 28.0. The van der Waals surface area contributed by atoms with Crippen molar-refractivity contribution in [2.24, 2.45) is 17.8 Å². The summed E-state index contributed by atoms with van der Waals surface area (Å²) in [5, 5.41) is 31.3. The van der Waals surface area contributed by atoms with Crippen molar-refractivity contribution in [3.05, 3.63) is 46.9 Å². The van der Waals surface area contributed by atoms with E-state index < -0.39 is 23.8 Å². The number of carbonyl (C=O) groups excluding carboxylic acids is 2. The van der Waals surface area contributed by atoms with Crippen LogP contribution in [0.15, 0.2) is 18.1 Å². The van der Waals surface area contributed by atoms with E-state index in [9.17, 15) is 19.2 Å². The number of aryl methyl sites for hydroxylation is 4. The molecule has 0 radical (unpaired) electrons. The average molecular weight is 739 g/mol. The Morgan fingerprint density at radius 3 is 1.21 bits per heavy atom. The number of methoxy groups -OCH3 is 2. The van der Waals surface area contributed by atoms with Gasteiger partial charge in [-0.2, -0.15) is 19.9 Å². The molecule has 4 aromatic rings. The van der Waals surface area contributed by atoms with E-state index in [4.69, 9.17) is 19.3 Å². The molecule has 0 aliphatic carbocycles. The van der Waals surface area contributed by atoms with Crippen molar-refractivity contribution in [2.45, 2.75) is 101 Å². The Bertz CT molecular complexity index is 1640. The summed E-state index contributed by atoms with van der Waals surface area (Å²) in [7, 11) is 2.66. The fraction of sp³-hybridized carbons (Fsp3) is 0.625. The number of esters is 2. The van der Waals surface area contributed by atoms with Crippen molar-refractivity contribution in [2.75, 3.05) is 14.2 Å². The van der Waals surface area contributed by atoms with Gasteiger partial charge in [0.15, 0.2) is 23.3 Å². The van der Waals surface area contributed by atoms with Crippen LogP contribution in [0.5, 0.6) is 0 Å². The number of aromatic nitrogens is 8. The number of carboxylic acid groups (broad SMARTS) is 2. The lowest BCUT2D eigenvalue weighted by atomic mass is 9.96. The molecule has 0 saturated carbocycles. The molecule has 0 aliphatic rings. The van der Waals surface area contributed by atoms with Crippen LogP contribution in [0.2, 0.25) is 0 Å². The number of nitrogens with zero attached hydrogens (tertiary/aromatic N) is 8. The zero-order valence-corrected chi connectivity index (χ0v) is 31.9. The van der Waals surface area contributed by atoms with E-state index in [1.807, 2.05) is 13.8 Å². The molecule has 4 rings (SSSR count). The molecular formula is C32H50N8O12. The van der Waals surface area contributed by atoms with Gasteiger partial charge in [0, 0.05) is 0 Å². The van der Waals surface area contributed by atoms with Gasteiger partial charge < -0.3 is 37.8 Å². The first kappa shape index (κ1) is 46.4. The maximum Gasteiger partial charge on any atom is 0.318 e. The van der Waals surface area contributed by atoms with E-state index >= 15 is 0 Å². The zero-order chi connectivity index (χ0) is 40.1. The number of carboxylic acids is 2. The highest BCUT2D eigenvalue weighted by Crippen LogP contribution is 2.24. The SMILES string of the molecule is CC(C)C.COC(=O)C(c1nc(C)no1)C(C)C.COC(=O)Cc1nc(C)no1.Cc1noc(C(C(=O)O)C(C)C)n1.Cc1noc(CC(=O)O)n1. The molecule has 20 heteroatoms. The number of hydrogen-bond donors (Lipinski definition) is 2. The summed E-state index contributed by atoms with van der Waals surface area (Å²) in [5.74, 6) is -0.0676. The highest BCUT2D eigenvalue weighted by Gasteiger charge is 2.30. The summed E-state index contributed by atoms with van der Waals surface area (Å²) in [6.45, 7) is 20.6. The van der Waals surface area contributed by atoms with E-state index in [0.29, 0.717) is 29.2 Å². The number of hydrogen-bond acceptors (Lipinski definition) is 18. The second-order valence-corrected chi connectivity index (χ2v) is 12.2. The van der Waals surface area contributed by atoms with Gasteiger partial charge in [0.25, 0.3) is 0 Å². The summed E-state index contributed by atoms with van der Waals surface area (Å²) >= 11 is 0. The number of rotatable bonds is 10. The molecule has 0 amide bonds. The molecule has 0 aromatic carbocycles. The van der Waals surface area contributed by atoms with Gasteiger partial charge in [-0.05, 0) is 45.4 Å². The van der Waals surface area contributed by atoms with Gasteiger partial charge >= 0.3 is 23.9 Å². The number of aliphatic carboxylic acids is 2. The van der Waals surface area contributed by atoms with Crippen molar-refractivity contribution in [3.63, 3.8) is 0 Å². The molecule has 2 N–H and O–H groups in total. The first-order valence-electron chi connectivity index (χ1n) is 16.0. The highest BCUT2D eigenvalue weighted by molar-refractivity contribution is 5.77. The topological polar surface area (TPSA) is 283 Å². The van der Waals surface area contributed by atoms with Gasteiger partial charge in [0.05, 0.1) is 14.2 Å². The van der Waals surface area contributed by atoms with Gasteiger partial charge in [-0.1, -0.05) is 69.1 Å². The van der Waals surface area contributed by atoms with Crippen molar-refractivity contribution in [1.82, 2.24) is 40.6 Å². The maximum atomic E-state index is 11.4. The molecule has 0 fully saturated rings. The van der Waals surface area contributed by atoms with Crippen LogP contribution in [0, 0.1) is 45.4 Å². The van der Waals surface area contributed by atoms with E-state index in [2.05, 4.69) is 79.9 Å². The van der Waals surface area contributed by atoms with Crippen LogP contribution in [0.1, 0.15) is 107 Å². The first-order chi connectivity index (χ1) is 24.2. The molecule has 20 nitrogen and oxygen atoms in total. The molecule has 0 bridgehead atoms. The largest absolute Gasteiger partial charge is 0.481 e. The molecule has 4 aromatic heterocycles. The van der Waals surface area contributed by atoms with Gasteiger partial charge in [-0.25, -0.2) is 0 Å². The normalized spacial score (nSPS) is 11.4. The second kappa shape index (κ2) is 23.8. The van der Waals surface area contributed by atoms with Gasteiger partial charge in [0.1, 0.15) is 24.7 Å². The van der Waals surface area contributed by atoms with Crippen molar-refractivity contribution in [1.29, 1.82) is 0 Å². The molecule has 2 atom stereocenters. The van der Waals surface area contributed by atoms with Crippen LogP contribution in [0.3, 0.4) is 0 Å². The van der Waals surface area contributed by atoms with Crippen molar-refractivity contribution >= 4 is 23.9 Å². The molecule has 290 valence electrons. The quantitative estimate of drug-likeness (QED) is 0.215. The Morgan fingerprint density at radius 1 is 0.577 bits per heavy atom. The van der Waals surface area contributed by atoms with Crippen LogP contribution in [-0.2, 0) is 41.5 Å². The monoisotopic (exact) mass is 738 g/mol. The van der Waals surface area contributed by atoms with Gasteiger partial charge in [0.2, 0.25) is 23.6 Å². The van der Waals surface area contributed by atoms with Crippen LogP contribution < -0.4 is 0 Å². The lowest BCUT2D eigenvalue weighted by Crippen LogP contribution is -2.19. The average Bonchev–Trinajstić information content (AvgIpc) is 3.83. The summed E-state index contributed by atoms with van der Waals surface area (Å²) in [5.41, 5.74) is 0. The molecular weight excluding hydrogens is 688 g/mol. The van der Waals surface area contributed by atoms with E-state index in [1.54, 1.807) is 41.5 Å². The van der Waals surface area contributed by atoms with E-state index in [-0.39, 0.29) is 54.3 Å². The lowest BCUT2D eigenvalue weighted by molar-refractivity contribution is -0.144. The summed E-state index contributed by atoms with van der Waals surface area (Å²) in [6, 6.07) is 0. The summed E-state index contributed by atoms with van der Waals surface area (Å²) in [4.78, 5) is 58.4. The van der Waals surface area contributed by atoms with Gasteiger partial charge in [-0.15, -0.1) is 0 Å². The van der Waals surface area contributed by atoms with Crippen LogP contribution >= 0.6 is 0 Å². The fourth-order valence-electron chi connectivity index (χ4n) is 3.49. The molecule has 2 unspecified atom stereocenters. The van der Waals surface area contributed by atoms with Crippen LogP contribution in [0.25, 0.3) is 0 Å². The van der Waals surface area contributed by atoms with E-state index in [1.165, 1.54) is 14.2 Å². The van der Waals surface area contributed by atoms with Crippen LogP contribution in [0.4, 0.5) is 0 Å². The zero-order valence-electron chi connectivity index (χ0n) is 31.9. The van der Waals surface area contributed by atoms with Crippen molar-refractivity contribution < 1.29 is 57.0 Å². The Morgan fingerprint density at radius 2 is 0.942 bits per heavy atom. The number of ether oxygens (including phenoxy) is 2. The standard InChI is InChI=1S/C9H14N2O3.C8H12N2O3.C6H8N2O3.C5H6N2O3.C4H10/c1-5(2)7(9(12)13-4)8-10-6(3)11-14-8;1-4(2)6(8(11)12)7-9-5(3)10-13-7;1-4-7-5(11-8-4)3-6(9)10-2;1-3-6-4(10-7-3)2-5(8)9;1-4(2)3/h5,7H,1-4H3;4,6H,1-3H3,(H,11,12);3H2,1-2H3;2H2,1H3,(H,8,9);4H,1-3H3. The third-order valence-corrected chi connectivity index (χ3v) is 5.64. The molecule has 0 saturated heterocycles. The Hall–Kier alpha value is -5.56. The molecule has 0 spiro atoms. The highest BCUT2D eigenvalue weighted by atomic mass is 16.5. The van der Waals surface area contributed by atoms with Crippen LogP contribution in [-0.4, -0.2) is 88.9 Å². The van der Waals surface area contributed by atoms with E-state index in [0.717, 1.165) is 5.92 Å². The summed E-state index contributed by atoms with van der Waals surface area (Å²) in [6.07, 6.45) is -0.168. The minimum Gasteiger partial charge on any atom is -0.481 e. The molecule has 52 heavy (non-hydrogen) atoms. The Balaban J connectivity index is 0.000000648. The number of carbonyl (C=O) groups is 4. The fourth-order valence-corrected chi connectivity index (χ4v) is 3.49. The van der Waals surface area contributed by atoms with Gasteiger partial charge in [-0.3, -0.25) is 19.2 Å². The molecule has 4 heterocycles. The minimum atomic E-state index is -0.969. The lowest BCUT2D eigenvalue weighted by Gasteiger charge is -2.13.